The number of fused-ring (bicyclic) bond motifs is 1. The molecule has 0 spiro atoms. The second-order valence-corrected chi connectivity index (χ2v) is 7.21. The Bertz CT molecular complexity index is 900. The number of hydrogen-bond acceptors (Lipinski definition) is 6. The van der Waals surface area contributed by atoms with Crippen LogP contribution in [0.5, 0.6) is 0 Å². The average molecular weight is 355 g/mol. The summed E-state index contributed by atoms with van der Waals surface area (Å²) < 4.78 is 9.71. The third-order valence-corrected chi connectivity index (χ3v) is 5.16. The van der Waals surface area contributed by atoms with Crippen molar-refractivity contribution in [1.82, 2.24) is 34.3 Å². The minimum atomic E-state index is 0.152. The number of methoxy groups -OCH3 is 1. The molecular weight excluding hydrogens is 330 g/mol. The van der Waals surface area contributed by atoms with Gasteiger partial charge in [0.05, 0.1) is 24.0 Å². The average Bonchev–Trinajstić information content (AvgIpc) is 3.32. The molecule has 0 amide bonds. The van der Waals surface area contributed by atoms with Gasteiger partial charge >= 0.3 is 0 Å². The third-order valence-electron chi connectivity index (χ3n) is 5.16. The first-order valence-electron chi connectivity index (χ1n) is 9.03. The zero-order valence-corrected chi connectivity index (χ0v) is 15.7. The predicted molar refractivity (Wildman–Crippen MR) is 96.7 cm³/mol. The highest BCUT2D eigenvalue weighted by Gasteiger charge is 2.36. The van der Waals surface area contributed by atoms with Crippen LogP contribution in [0.1, 0.15) is 49.4 Å². The van der Waals surface area contributed by atoms with E-state index in [9.17, 15) is 0 Å². The topological polar surface area (TPSA) is 73.4 Å². The first kappa shape index (κ1) is 17.1. The van der Waals surface area contributed by atoms with Gasteiger partial charge in [-0.1, -0.05) is 0 Å². The van der Waals surface area contributed by atoms with Crippen molar-refractivity contribution in [2.24, 2.45) is 0 Å². The maximum absolute atomic E-state index is 5.66. The van der Waals surface area contributed by atoms with Crippen LogP contribution in [0.4, 0.5) is 0 Å². The van der Waals surface area contributed by atoms with Crippen LogP contribution in [0.25, 0.3) is 5.65 Å². The van der Waals surface area contributed by atoms with Gasteiger partial charge in [0.1, 0.15) is 0 Å². The van der Waals surface area contributed by atoms with Crippen molar-refractivity contribution in [1.29, 1.82) is 0 Å². The zero-order valence-electron chi connectivity index (χ0n) is 15.7. The van der Waals surface area contributed by atoms with Gasteiger partial charge in [-0.15, -0.1) is 10.2 Å². The minimum Gasteiger partial charge on any atom is -0.380 e. The molecule has 2 atom stereocenters. The summed E-state index contributed by atoms with van der Waals surface area (Å²) in [5.74, 6) is 0.941. The normalized spacial score (nSPS) is 21.3. The standard InChI is InChI=1S/C18H25N7O/c1-12(2)25-10-14(13(3)22-25)9-23-11-15(26-4)7-16(23)18-21-20-17-8-19-5-6-24(17)18/h5-6,8,10,12,15-16H,7,9,11H2,1-4H3/t15-,16+/m1/s1. The molecule has 8 heteroatoms. The molecule has 3 aromatic rings. The van der Waals surface area contributed by atoms with Gasteiger partial charge in [-0.25, -0.2) is 0 Å². The Kier molecular flexibility index (Phi) is 4.46. The number of nitrogens with zero attached hydrogens (tertiary/aromatic N) is 7. The van der Waals surface area contributed by atoms with Crippen LogP contribution < -0.4 is 0 Å². The van der Waals surface area contributed by atoms with Gasteiger partial charge in [0.2, 0.25) is 0 Å². The number of likely N-dealkylation sites (tertiary alicyclic amines) is 1. The molecule has 138 valence electrons. The van der Waals surface area contributed by atoms with Gasteiger partial charge < -0.3 is 4.74 Å². The molecule has 0 aliphatic carbocycles. The smallest absolute Gasteiger partial charge is 0.179 e. The highest BCUT2D eigenvalue weighted by molar-refractivity contribution is 5.34. The van der Waals surface area contributed by atoms with E-state index in [0.717, 1.165) is 36.7 Å². The lowest BCUT2D eigenvalue weighted by Crippen LogP contribution is -2.26. The summed E-state index contributed by atoms with van der Waals surface area (Å²) in [6, 6.07) is 0.510. The third kappa shape index (κ3) is 2.99. The molecule has 1 saturated heterocycles. The maximum atomic E-state index is 5.66. The fraction of sp³-hybridized carbons (Fsp3) is 0.556. The molecule has 26 heavy (non-hydrogen) atoms. The summed E-state index contributed by atoms with van der Waals surface area (Å²) in [4.78, 5) is 6.55. The second kappa shape index (κ2) is 6.77. The van der Waals surface area contributed by atoms with Gasteiger partial charge in [0.25, 0.3) is 0 Å². The number of ether oxygens (including phenoxy) is 1. The molecule has 0 aromatic carbocycles. The molecule has 1 fully saturated rings. The first-order valence-corrected chi connectivity index (χ1v) is 9.03. The first-order chi connectivity index (χ1) is 12.6. The van der Waals surface area contributed by atoms with E-state index in [1.54, 1.807) is 19.5 Å². The van der Waals surface area contributed by atoms with Crippen molar-refractivity contribution >= 4 is 5.65 Å². The van der Waals surface area contributed by atoms with Gasteiger partial charge in [-0.05, 0) is 27.2 Å². The predicted octanol–water partition coefficient (Wildman–Crippen LogP) is 2.17. The number of hydrogen-bond donors (Lipinski definition) is 0. The molecule has 4 rings (SSSR count). The summed E-state index contributed by atoms with van der Waals surface area (Å²) in [5.41, 5.74) is 3.09. The van der Waals surface area contributed by atoms with Crippen LogP contribution in [0.15, 0.2) is 24.8 Å². The molecule has 0 bridgehead atoms. The lowest BCUT2D eigenvalue weighted by atomic mass is 10.1. The molecule has 1 aliphatic rings. The zero-order chi connectivity index (χ0) is 18.3. The maximum Gasteiger partial charge on any atom is 0.179 e. The van der Waals surface area contributed by atoms with Gasteiger partial charge in [-0.2, -0.15) is 5.10 Å². The number of aryl methyl sites for hydroxylation is 1. The largest absolute Gasteiger partial charge is 0.380 e. The van der Waals surface area contributed by atoms with Crippen LogP contribution in [-0.2, 0) is 11.3 Å². The van der Waals surface area contributed by atoms with Crippen molar-refractivity contribution < 1.29 is 4.74 Å². The summed E-state index contributed by atoms with van der Waals surface area (Å²) in [6.45, 7) is 8.06. The second-order valence-electron chi connectivity index (χ2n) is 7.21. The number of rotatable bonds is 5. The molecule has 4 heterocycles. The van der Waals surface area contributed by atoms with Gasteiger partial charge in [0, 0.05) is 50.4 Å². The Morgan fingerprint density at radius 3 is 2.88 bits per heavy atom. The molecule has 0 saturated carbocycles. The van der Waals surface area contributed by atoms with E-state index in [2.05, 4.69) is 52.1 Å². The van der Waals surface area contributed by atoms with E-state index in [0.29, 0.717) is 6.04 Å². The lowest BCUT2D eigenvalue weighted by Gasteiger charge is -2.22. The Labute approximate surface area is 152 Å². The highest BCUT2D eigenvalue weighted by Crippen LogP contribution is 2.34. The molecule has 1 aliphatic heterocycles. The number of aromatic nitrogens is 6. The van der Waals surface area contributed by atoms with Crippen LogP contribution in [0.3, 0.4) is 0 Å². The Morgan fingerprint density at radius 1 is 1.31 bits per heavy atom. The van der Waals surface area contributed by atoms with Crippen molar-refractivity contribution in [2.75, 3.05) is 13.7 Å². The molecular formula is C18H25N7O. The fourth-order valence-electron chi connectivity index (χ4n) is 3.63. The molecule has 3 aromatic heterocycles. The van der Waals surface area contributed by atoms with Crippen LogP contribution in [-0.4, -0.2) is 54.0 Å². The summed E-state index contributed by atoms with van der Waals surface area (Å²) in [5, 5.41) is 13.4. The van der Waals surface area contributed by atoms with Crippen LogP contribution in [0.2, 0.25) is 0 Å². The summed E-state index contributed by atoms with van der Waals surface area (Å²) in [6.07, 6.45) is 8.67. The van der Waals surface area contributed by atoms with Gasteiger partial charge in [-0.3, -0.25) is 19.0 Å². The molecule has 8 nitrogen and oxygen atoms in total. The Morgan fingerprint density at radius 2 is 2.15 bits per heavy atom. The Hall–Kier alpha value is -2.32. The van der Waals surface area contributed by atoms with E-state index in [-0.39, 0.29) is 12.1 Å². The lowest BCUT2D eigenvalue weighted by molar-refractivity contribution is 0.107. The monoisotopic (exact) mass is 355 g/mol. The van der Waals surface area contributed by atoms with E-state index in [1.807, 2.05) is 15.3 Å². The van der Waals surface area contributed by atoms with Crippen molar-refractivity contribution in [3.63, 3.8) is 0 Å². The molecule has 0 N–H and O–H groups in total. The van der Waals surface area contributed by atoms with Crippen LogP contribution >= 0.6 is 0 Å². The highest BCUT2D eigenvalue weighted by atomic mass is 16.5. The van der Waals surface area contributed by atoms with Gasteiger partial charge in [0.15, 0.2) is 11.5 Å². The minimum absolute atomic E-state index is 0.152. The van der Waals surface area contributed by atoms with Crippen molar-refractivity contribution in [2.45, 2.75) is 51.9 Å². The quantitative estimate of drug-likeness (QED) is 0.698. The van der Waals surface area contributed by atoms with Crippen molar-refractivity contribution in [3.8, 4) is 0 Å². The van der Waals surface area contributed by atoms with E-state index in [4.69, 9.17) is 4.74 Å². The van der Waals surface area contributed by atoms with E-state index < -0.39 is 0 Å². The molecule has 0 unspecified atom stereocenters. The Balaban J connectivity index is 1.65. The van der Waals surface area contributed by atoms with Crippen LogP contribution in [0, 0.1) is 6.92 Å². The van der Waals surface area contributed by atoms with E-state index in [1.165, 1.54) is 5.56 Å². The van der Waals surface area contributed by atoms with E-state index >= 15 is 0 Å². The SMILES string of the molecule is CO[C@@H]1C[C@@H](c2nnc3cnccn23)N(Cc2cn(C(C)C)nc2C)C1. The van der Waals surface area contributed by atoms with Crippen molar-refractivity contribution in [3.05, 3.63) is 41.9 Å². The summed E-state index contributed by atoms with van der Waals surface area (Å²) >= 11 is 0. The molecule has 0 radical (unpaired) electrons. The summed E-state index contributed by atoms with van der Waals surface area (Å²) in [7, 11) is 1.78. The fourth-order valence-corrected chi connectivity index (χ4v) is 3.63.